The van der Waals surface area contributed by atoms with E-state index in [9.17, 15) is 13.2 Å². The minimum atomic E-state index is -4.37. The number of hydrogen-bond acceptors (Lipinski definition) is 4. The van der Waals surface area contributed by atoms with Gasteiger partial charge in [0, 0.05) is 22.7 Å². The van der Waals surface area contributed by atoms with Gasteiger partial charge >= 0.3 is 6.18 Å². The van der Waals surface area contributed by atoms with E-state index >= 15 is 0 Å². The van der Waals surface area contributed by atoms with E-state index in [1.807, 2.05) is 20.8 Å². The minimum Gasteiger partial charge on any atom is -0.493 e. The Labute approximate surface area is 156 Å². The van der Waals surface area contributed by atoms with Crippen LogP contribution >= 0.6 is 0 Å². The van der Waals surface area contributed by atoms with Gasteiger partial charge in [-0.2, -0.15) is 13.2 Å². The third kappa shape index (κ3) is 4.30. The molecule has 4 nitrogen and oxygen atoms in total. The summed E-state index contributed by atoms with van der Waals surface area (Å²) >= 11 is 0. The van der Waals surface area contributed by atoms with Crippen LogP contribution in [0.3, 0.4) is 0 Å². The average Bonchev–Trinajstić information content (AvgIpc) is 2.68. The number of methoxy groups -OCH3 is 2. The molecule has 0 saturated heterocycles. The molecule has 144 valence electrons. The average molecular weight is 378 g/mol. The Kier molecular flexibility index (Phi) is 6.25. The van der Waals surface area contributed by atoms with E-state index < -0.39 is 11.7 Å². The number of aromatic nitrogens is 2. The predicted octanol–water partition coefficient (Wildman–Crippen LogP) is 5.67. The molecule has 0 unspecified atom stereocenters. The molecule has 7 heteroatoms. The first-order valence-corrected chi connectivity index (χ1v) is 8.41. The fourth-order valence-corrected chi connectivity index (χ4v) is 2.55. The summed E-state index contributed by atoms with van der Waals surface area (Å²) in [5.74, 6) is 1.43. The molecule has 1 aromatic heterocycles. The molecule has 0 spiro atoms. The largest absolute Gasteiger partial charge is 0.493 e. The second kappa shape index (κ2) is 8.24. The van der Waals surface area contributed by atoms with Crippen molar-refractivity contribution in [1.29, 1.82) is 0 Å². The second-order valence-corrected chi connectivity index (χ2v) is 5.43. The normalized spacial score (nSPS) is 11.0. The number of hydrogen-bond donors (Lipinski definition) is 0. The summed E-state index contributed by atoms with van der Waals surface area (Å²) in [6.07, 6.45) is -4.37. The van der Waals surface area contributed by atoms with E-state index in [1.54, 1.807) is 12.1 Å². The van der Waals surface area contributed by atoms with Crippen molar-refractivity contribution >= 4 is 10.9 Å². The van der Waals surface area contributed by atoms with E-state index in [0.29, 0.717) is 34.1 Å². The molecule has 3 rings (SSSR count). The molecule has 0 bridgehead atoms. The Hall–Kier alpha value is -2.83. The van der Waals surface area contributed by atoms with Gasteiger partial charge in [-0.05, 0) is 25.1 Å². The standard InChI is InChI=1S/C18H15F3N2O2.C2H6/c1-10-13-8-15(24-2)16(25-3)9-14(13)23-17(22-10)11-4-6-12(7-5-11)18(19,20)21;1-2/h4-9H,1-3H3;1-2H3. The molecule has 2 aromatic carbocycles. The van der Waals surface area contributed by atoms with Gasteiger partial charge in [-0.25, -0.2) is 9.97 Å². The maximum atomic E-state index is 12.7. The highest BCUT2D eigenvalue weighted by atomic mass is 19.4. The van der Waals surface area contributed by atoms with Gasteiger partial charge in [0.25, 0.3) is 0 Å². The minimum absolute atomic E-state index is 0.353. The van der Waals surface area contributed by atoms with Gasteiger partial charge in [0.15, 0.2) is 17.3 Å². The smallest absolute Gasteiger partial charge is 0.416 e. The summed E-state index contributed by atoms with van der Waals surface area (Å²) in [5, 5.41) is 0.785. The van der Waals surface area contributed by atoms with Crippen molar-refractivity contribution in [1.82, 2.24) is 9.97 Å². The molecule has 0 aliphatic carbocycles. The van der Waals surface area contributed by atoms with Gasteiger partial charge in [-0.3, -0.25) is 0 Å². The van der Waals surface area contributed by atoms with E-state index in [-0.39, 0.29) is 0 Å². The third-order valence-corrected chi connectivity index (χ3v) is 3.86. The molecule has 0 saturated carbocycles. The molecule has 0 N–H and O–H groups in total. The van der Waals surface area contributed by atoms with Crippen molar-refractivity contribution in [2.45, 2.75) is 26.9 Å². The molecular weight excluding hydrogens is 357 g/mol. The van der Waals surface area contributed by atoms with E-state index in [4.69, 9.17) is 9.47 Å². The first-order valence-electron chi connectivity index (χ1n) is 8.41. The lowest BCUT2D eigenvalue weighted by Gasteiger charge is -2.12. The number of fused-ring (bicyclic) bond motifs is 1. The number of nitrogens with zero attached hydrogens (tertiary/aromatic N) is 2. The number of benzene rings is 2. The number of halogens is 3. The number of alkyl halides is 3. The molecule has 0 radical (unpaired) electrons. The Morgan fingerprint density at radius 3 is 1.93 bits per heavy atom. The highest BCUT2D eigenvalue weighted by Gasteiger charge is 2.30. The Balaban J connectivity index is 0.00000126. The summed E-state index contributed by atoms with van der Waals surface area (Å²) in [6, 6.07) is 8.27. The van der Waals surface area contributed by atoms with Crippen LogP contribution in [-0.4, -0.2) is 24.2 Å². The maximum Gasteiger partial charge on any atom is 0.416 e. The van der Waals surface area contributed by atoms with Crippen LogP contribution in [0.2, 0.25) is 0 Å². The second-order valence-electron chi connectivity index (χ2n) is 5.43. The molecule has 0 aliphatic heterocycles. The van der Waals surface area contributed by atoms with Gasteiger partial charge in [0.2, 0.25) is 0 Å². The van der Waals surface area contributed by atoms with Gasteiger partial charge in [0.05, 0.1) is 25.3 Å². The quantitative estimate of drug-likeness (QED) is 0.589. The first-order chi connectivity index (χ1) is 12.8. The molecule has 0 aliphatic rings. The van der Waals surface area contributed by atoms with Crippen molar-refractivity contribution in [3.63, 3.8) is 0 Å². The summed E-state index contributed by atoms with van der Waals surface area (Å²) in [5.41, 5.74) is 1.12. The zero-order valence-electron chi connectivity index (χ0n) is 15.8. The van der Waals surface area contributed by atoms with Crippen LogP contribution < -0.4 is 9.47 Å². The zero-order chi connectivity index (χ0) is 20.2. The van der Waals surface area contributed by atoms with Crippen molar-refractivity contribution in [2.75, 3.05) is 14.2 Å². The van der Waals surface area contributed by atoms with Crippen LogP contribution in [0.4, 0.5) is 13.2 Å². The zero-order valence-corrected chi connectivity index (χ0v) is 15.8. The fraction of sp³-hybridized carbons (Fsp3) is 0.300. The molecular formula is C20H21F3N2O2. The topological polar surface area (TPSA) is 44.2 Å². The highest BCUT2D eigenvalue weighted by Crippen LogP contribution is 2.34. The highest BCUT2D eigenvalue weighted by molar-refractivity contribution is 5.86. The fourth-order valence-electron chi connectivity index (χ4n) is 2.55. The maximum absolute atomic E-state index is 12.7. The number of rotatable bonds is 3. The van der Waals surface area contributed by atoms with Crippen LogP contribution in [0.15, 0.2) is 36.4 Å². The summed E-state index contributed by atoms with van der Waals surface area (Å²) in [4.78, 5) is 8.86. The van der Waals surface area contributed by atoms with Gasteiger partial charge in [-0.1, -0.05) is 26.0 Å². The van der Waals surface area contributed by atoms with E-state index in [1.165, 1.54) is 26.4 Å². The monoisotopic (exact) mass is 378 g/mol. The predicted molar refractivity (Wildman–Crippen MR) is 99.2 cm³/mol. The molecule has 27 heavy (non-hydrogen) atoms. The van der Waals surface area contributed by atoms with E-state index in [2.05, 4.69) is 9.97 Å². The first kappa shape index (κ1) is 20.5. The van der Waals surface area contributed by atoms with E-state index in [0.717, 1.165) is 17.5 Å². The van der Waals surface area contributed by atoms with Crippen LogP contribution in [0.1, 0.15) is 25.1 Å². The van der Waals surface area contributed by atoms with Crippen molar-refractivity contribution < 1.29 is 22.6 Å². The van der Waals surface area contributed by atoms with Crippen LogP contribution in [0.5, 0.6) is 11.5 Å². The summed E-state index contributed by atoms with van der Waals surface area (Å²) in [7, 11) is 3.06. The lowest BCUT2D eigenvalue weighted by atomic mass is 10.1. The SMILES string of the molecule is CC.COc1cc2nc(-c3ccc(C(F)(F)F)cc3)nc(C)c2cc1OC. The Morgan fingerprint density at radius 2 is 1.41 bits per heavy atom. The van der Waals surface area contributed by atoms with Crippen molar-refractivity contribution in [3.8, 4) is 22.9 Å². The summed E-state index contributed by atoms with van der Waals surface area (Å²) in [6.45, 7) is 5.81. The molecule has 3 aromatic rings. The van der Waals surface area contributed by atoms with Crippen molar-refractivity contribution in [2.24, 2.45) is 0 Å². The lowest BCUT2D eigenvalue weighted by molar-refractivity contribution is -0.137. The molecule has 0 amide bonds. The molecule has 0 fully saturated rings. The molecule has 1 heterocycles. The van der Waals surface area contributed by atoms with Crippen LogP contribution in [0, 0.1) is 6.92 Å². The Bertz CT molecular complexity index is 923. The van der Waals surface area contributed by atoms with Gasteiger partial charge in [0.1, 0.15) is 0 Å². The van der Waals surface area contributed by atoms with Gasteiger partial charge in [-0.15, -0.1) is 0 Å². The lowest BCUT2D eigenvalue weighted by Crippen LogP contribution is -2.04. The third-order valence-electron chi connectivity index (χ3n) is 3.86. The van der Waals surface area contributed by atoms with Crippen molar-refractivity contribution in [3.05, 3.63) is 47.7 Å². The van der Waals surface area contributed by atoms with Crippen LogP contribution in [0.25, 0.3) is 22.3 Å². The number of ether oxygens (including phenoxy) is 2. The van der Waals surface area contributed by atoms with Gasteiger partial charge < -0.3 is 9.47 Å². The van der Waals surface area contributed by atoms with Crippen LogP contribution in [-0.2, 0) is 6.18 Å². The Morgan fingerprint density at radius 1 is 0.852 bits per heavy atom. The molecule has 0 atom stereocenters. The number of aryl methyl sites for hydroxylation is 1. The summed E-state index contributed by atoms with van der Waals surface area (Å²) < 4.78 is 48.6.